The van der Waals surface area contributed by atoms with Crippen molar-refractivity contribution >= 4 is 5.91 Å². The summed E-state index contributed by atoms with van der Waals surface area (Å²) in [6.45, 7) is 4.81. The average molecular weight is 351 g/mol. The highest BCUT2D eigenvalue weighted by molar-refractivity contribution is 5.94. The van der Waals surface area contributed by atoms with Gasteiger partial charge in [0.15, 0.2) is 0 Å². The summed E-state index contributed by atoms with van der Waals surface area (Å²) in [6.07, 6.45) is 5.34. The summed E-state index contributed by atoms with van der Waals surface area (Å²) < 4.78 is 15.8. The lowest BCUT2D eigenvalue weighted by Gasteiger charge is -2.23. The van der Waals surface area contributed by atoms with Crippen molar-refractivity contribution in [2.24, 2.45) is 5.92 Å². The molecule has 0 saturated heterocycles. The molecule has 0 aliphatic carbocycles. The van der Waals surface area contributed by atoms with Gasteiger partial charge in [-0.2, -0.15) is 0 Å². The highest BCUT2D eigenvalue weighted by atomic mass is 19.1. The zero-order valence-electron chi connectivity index (χ0n) is 14.9. The molecular formula is C21H22FN3O. The monoisotopic (exact) mass is 351 g/mol. The van der Waals surface area contributed by atoms with Crippen LogP contribution in [-0.2, 0) is 6.54 Å². The Bertz CT molecular complexity index is 857. The molecule has 3 aromatic rings. The van der Waals surface area contributed by atoms with E-state index in [0.29, 0.717) is 17.7 Å². The molecular weight excluding hydrogens is 329 g/mol. The summed E-state index contributed by atoms with van der Waals surface area (Å²) in [7, 11) is 0. The number of nitrogens with zero attached hydrogens (tertiary/aromatic N) is 2. The van der Waals surface area contributed by atoms with Gasteiger partial charge < -0.3 is 9.88 Å². The topological polar surface area (TPSA) is 46.9 Å². The van der Waals surface area contributed by atoms with E-state index in [1.807, 2.05) is 10.8 Å². The number of carbonyl (C=O) groups is 1. The average Bonchev–Trinajstić information content (AvgIpc) is 3.15. The van der Waals surface area contributed by atoms with E-state index in [0.717, 1.165) is 5.56 Å². The quantitative estimate of drug-likeness (QED) is 0.725. The van der Waals surface area contributed by atoms with Gasteiger partial charge in [0.1, 0.15) is 5.82 Å². The van der Waals surface area contributed by atoms with E-state index in [-0.39, 0.29) is 23.7 Å². The lowest BCUT2D eigenvalue weighted by atomic mass is 10.0. The van der Waals surface area contributed by atoms with Crippen molar-refractivity contribution in [3.05, 3.63) is 78.6 Å². The second kappa shape index (κ2) is 7.95. The number of halogens is 1. The zero-order valence-corrected chi connectivity index (χ0v) is 14.9. The second-order valence-electron chi connectivity index (χ2n) is 6.64. The Kier molecular flexibility index (Phi) is 5.46. The molecule has 0 bridgehead atoms. The zero-order chi connectivity index (χ0) is 18.5. The van der Waals surface area contributed by atoms with Crippen molar-refractivity contribution < 1.29 is 9.18 Å². The van der Waals surface area contributed by atoms with E-state index in [1.54, 1.807) is 55.0 Å². The van der Waals surface area contributed by atoms with Gasteiger partial charge in [0.25, 0.3) is 5.91 Å². The number of benzene rings is 2. The minimum absolute atomic E-state index is 0.0112. The van der Waals surface area contributed by atoms with Gasteiger partial charge in [-0.15, -0.1) is 0 Å². The molecule has 0 aliphatic heterocycles. The van der Waals surface area contributed by atoms with Gasteiger partial charge >= 0.3 is 0 Å². The molecule has 1 heterocycles. The molecule has 3 rings (SSSR count). The van der Waals surface area contributed by atoms with Crippen molar-refractivity contribution in [3.8, 4) is 11.1 Å². The maximum atomic E-state index is 13.9. The van der Waals surface area contributed by atoms with Crippen molar-refractivity contribution in [1.29, 1.82) is 0 Å². The summed E-state index contributed by atoms with van der Waals surface area (Å²) in [5.41, 5.74) is 1.83. The van der Waals surface area contributed by atoms with Gasteiger partial charge in [0, 0.05) is 36.1 Å². The molecule has 134 valence electrons. The highest BCUT2D eigenvalue weighted by Crippen LogP contribution is 2.22. The Hall–Kier alpha value is -2.95. The Labute approximate surface area is 152 Å². The third-order valence-electron chi connectivity index (χ3n) is 4.42. The van der Waals surface area contributed by atoms with E-state index in [1.165, 1.54) is 6.07 Å². The first-order chi connectivity index (χ1) is 12.5. The van der Waals surface area contributed by atoms with Crippen LogP contribution in [-0.4, -0.2) is 21.5 Å². The van der Waals surface area contributed by atoms with Crippen molar-refractivity contribution in [2.45, 2.75) is 26.4 Å². The number of rotatable bonds is 6. The molecule has 1 amide bonds. The molecule has 2 aromatic carbocycles. The maximum absolute atomic E-state index is 13.9. The van der Waals surface area contributed by atoms with Crippen LogP contribution in [0.25, 0.3) is 11.1 Å². The highest BCUT2D eigenvalue weighted by Gasteiger charge is 2.18. The fourth-order valence-electron chi connectivity index (χ4n) is 2.79. The number of hydrogen-bond acceptors (Lipinski definition) is 2. The molecule has 5 heteroatoms. The molecule has 4 nitrogen and oxygen atoms in total. The van der Waals surface area contributed by atoms with E-state index < -0.39 is 0 Å². The number of aromatic nitrogens is 2. The minimum Gasteiger partial charge on any atom is -0.347 e. The first-order valence-corrected chi connectivity index (χ1v) is 8.66. The Morgan fingerprint density at radius 1 is 1.15 bits per heavy atom. The molecule has 1 aromatic heterocycles. The molecule has 0 fully saturated rings. The van der Waals surface area contributed by atoms with E-state index in [4.69, 9.17) is 0 Å². The molecule has 0 unspecified atom stereocenters. The van der Waals surface area contributed by atoms with Gasteiger partial charge in [0.05, 0.1) is 6.33 Å². The van der Waals surface area contributed by atoms with Crippen LogP contribution < -0.4 is 5.32 Å². The summed E-state index contributed by atoms with van der Waals surface area (Å²) in [4.78, 5) is 16.6. The molecule has 26 heavy (non-hydrogen) atoms. The maximum Gasteiger partial charge on any atom is 0.251 e. The Morgan fingerprint density at radius 3 is 2.50 bits per heavy atom. The number of amides is 1. The summed E-state index contributed by atoms with van der Waals surface area (Å²) in [6, 6.07) is 13.6. The number of hydrogen-bond donors (Lipinski definition) is 1. The Balaban J connectivity index is 1.72. The molecule has 0 spiro atoms. The van der Waals surface area contributed by atoms with Gasteiger partial charge in [-0.25, -0.2) is 9.37 Å². The molecule has 0 saturated carbocycles. The normalized spacial score (nSPS) is 12.2. The predicted octanol–water partition coefficient (Wildman–Crippen LogP) is 4.14. The first kappa shape index (κ1) is 17.9. The van der Waals surface area contributed by atoms with E-state index in [2.05, 4.69) is 24.1 Å². The van der Waals surface area contributed by atoms with E-state index in [9.17, 15) is 9.18 Å². The van der Waals surface area contributed by atoms with Gasteiger partial charge in [-0.1, -0.05) is 44.2 Å². The third-order valence-corrected chi connectivity index (χ3v) is 4.42. The number of carbonyl (C=O) groups excluding carboxylic acids is 1. The van der Waals surface area contributed by atoms with Crippen LogP contribution in [0.5, 0.6) is 0 Å². The van der Waals surface area contributed by atoms with Gasteiger partial charge in [-0.05, 0) is 29.7 Å². The minimum atomic E-state index is -0.273. The summed E-state index contributed by atoms with van der Waals surface area (Å²) in [5.74, 6) is -0.132. The van der Waals surface area contributed by atoms with Crippen LogP contribution >= 0.6 is 0 Å². The molecule has 0 aliphatic rings. The number of nitrogens with one attached hydrogen (secondary N) is 1. The van der Waals surface area contributed by atoms with Crippen LogP contribution in [0.15, 0.2) is 67.3 Å². The first-order valence-electron chi connectivity index (χ1n) is 8.66. The van der Waals surface area contributed by atoms with E-state index >= 15 is 0 Å². The fraction of sp³-hybridized carbons (Fsp3) is 0.238. The Morgan fingerprint density at radius 2 is 1.88 bits per heavy atom. The van der Waals surface area contributed by atoms with Crippen LogP contribution in [0.3, 0.4) is 0 Å². The van der Waals surface area contributed by atoms with Crippen LogP contribution in [0.4, 0.5) is 4.39 Å². The van der Waals surface area contributed by atoms with Gasteiger partial charge in [-0.3, -0.25) is 4.79 Å². The standard InChI is InChI=1S/C21H22FN3O/c1-15(2)20(13-25-12-11-23-14-25)24-21(26)17-9-7-16(8-10-17)18-5-3-4-6-19(18)22/h3-12,14-15,20H,13H2,1-2H3,(H,24,26)/t20-/m1/s1. The van der Waals surface area contributed by atoms with Crippen molar-refractivity contribution in [3.63, 3.8) is 0 Å². The fourth-order valence-corrected chi connectivity index (χ4v) is 2.79. The lowest BCUT2D eigenvalue weighted by molar-refractivity contribution is 0.0920. The molecule has 1 N–H and O–H groups in total. The van der Waals surface area contributed by atoms with Crippen LogP contribution in [0.2, 0.25) is 0 Å². The smallest absolute Gasteiger partial charge is 0.251 e. The van der Waals surface area contributed by atoms with Crippen molar-refractivity contribution in [1.82, 2.24) is 14.9 Å². The third kappa shape index (κ3) is 4.17. The van der Waals surface area contributed by atoms with Crippen molar-refractivity contribution in [2.75, 3.05) is 0 Å². The van der Waals surface area contributed by atoms with Gasteiger partial charge in [0.2, 0.25) is 0 Å². The van der Waals surface area contributed by atoms with Crippen LogP contribution in [0, 0.1) is 11.7 Å². The molecule has 0 radical (unpaired) electrons. The summed E-state index contributed by atoms with van der Waals surface area (Å²) in [5, 5.41) is 3.08. The SMILES string of the molecule is CC(C)[C@@H](Cn1ccnc1)NC(=O)c1ccc(-c2ccccc2F)cc1. The second-order valence-corrected chi connectivity index (χ2v) is 6.64. The predicted molar refractivity (Wildman–Crippen MR) is 100 cm³/mol. The molecule has 1 atom stereocenters. The van der Waals surface area contributed by atoms with Crippen LogP contribution in [0.1, 0.15) is 24.2 Å². The summed E-state index contributed by atoms with van der Waals surface area (Å²) >= 11 is 0. The number of imidazole rings is 1. The largest absolute Gasteiger partial charge is 0.347 e. The lowest BCUT2D eigenvalue weighted by Crippen LogP contribution is -2.41.